The SMILES string of the molecule is COc1ccc(Cl)cc1C(=O)OCC(=O)c1ccc2ccccc2c1. The Bertz CT molecular complexity index is 949. The van der Waals surface area contributed by atoms with Gasteiger partial charge in [-0.15, -0.1) is 0 Å². The zero-order chi connectivity index (χ0) is 17.8. The topological polar surface area (TPSA) is 52.6 Å². The van der Waals surface area contributed by atoms with Crippen molar-refractivity contribution in [2.75, 3.05) is 13.7 Å². The van der Waals surface area contributed by atoms with Gasteiger partial charge in [-0.3, -0.25) is 4.79 Å². The monoisotopic (exact) mass is 354 g/mol. The van der Waals surface area contributed by atoms with Crippen LogP contribution in [0.3, 0.4) is 0 Å². The molecule has 4 nitrogen and oxygen atoms in total. The van der Waals surface area contributed by atoms with Gasteiger partial charge in [-0.1, -0.05) is 48.0 Å². The van der Waals surface area contributed by atoms with Crippen LogP contribution in [0.4, 0.5) is 0 Å². The van der Waals surface area contributed by atoms with E-state index in [4.69, 9.17) is 21.1 Å². The maximum atomic E-state index is 12.3. The minimum absolute atomic E-state index is 0.182. The van der Waals surface area contributed by atoms with Crippen molar-refractivity contribution in [2.45, 2.75) is 0 Å². The number of ketones is 1. The minimum atomic E-state index is -0.659. The largest absolute Gasteiger partial charge is 0.496 e. The molecular formula is C20H15ClO4. The Morgan fingerprint density at radius 2 is 1.72 bits per heavy atom. The highest BCUT2D eigenvalue weighted by Gasteiger charge is 2.16. The van der Waals surface area contributed by atoms with E-state index in [0.29, 0.717) is 16.3 Å². The van der Waals surface area contributed by atoms with E-state index < -0.39 is 5.97 Å². The number of ether oxygens (including phenoxy) is 2. The molecular weight excluding hydrogens is 340 g/mol. The molecule has 0 fully saturated rings. The molecule has 25 heavy (non-hydrogen) atoms. The molecule has 3 rings (SSSR count). The molecule has 0 unspecified atom stereocenters. The highest BCUT2D eigenvalue weighted by Crippen LogP contribution is 2.23. The summed E-state index contributed by atoms with van der Waals surface area (Å²) >= 11 is 5.90. The number of hydrogen-bond donors (Lipinski definition) is 0. The van der Waals surface area contributed by atoms with Gasteiger partial charge in [-0.25, -0.2) is 4.79 Å². The number of halogens is 1. The van der Waals surface area contributed by atoms with Crippen LogP contribution >= 0.6 is 11.6 Å². The molecule has 0 aliphatic rings. The third-order valence-electron chi connectivity index (χ3n) is 3.79. The lowest BCUT2D eigenvalue weighted by Gasteiger charge is -2.09. The zero-order valence-electron chi connectivity index (χ0n) is 13.5. The van der Waals surface area contributed by atoms with Crippen LogP contribution in [0.25, 0.3) is 10.8 Å². The van der Waals surface area contributed by atoms with Crippen molar-refractivity contribution in [1.82, 2.24) is 0 Å². The van der Waals surface area contributed by atoms with Gasteiger partial charge in [0.15, 0.2) is 12.4 Å². The molecule has 0 bridgehead atoms. The lowest BCUT2D eigenvalue weighted by atomic mass is 10.0. The average molecular weight is 355 g/mol. The second kappa shape index (κ2) is 7.36. The van der Waals surface area contributed by atoms with Crippen LogP contribution in [0.15, 0.2) is 60.7 Å². The molecule has 0 atom stereocenters. The Balaban J connectivity index is 1.73. The molecule has 3 aromatic carbocycles. The average Bonchev–Trinajstić information content (AvgIpc) is 2.65. The smallest absolute Gasteiger partial charge is 0.342 e. The molecule has 0 saturated carbocycles. The van der Waals surface area contributed by atoms with Gasteiger partial charge in [0.1, 0.15) is 11.3 Å². The molecule has 0 heterocycles. The van der Waals surface area contributed by atoms with Crippen molar-refractivity contribution in [1.29, 1.82) is 0 Å². The predicted molar refractivity (Wildman–Crippen MR) is 96.6 cm³/mol. The van der Waals surface area contributed by atoms with Crippen molar-refractivity contribution in [3.63, 3.8) is 0 Å². The first-order valence-electron chi connectivity index (χ1n) is 7.61. The molecule has 0 amide bonds. The number of hydrogen-bond acceptors (Lipinski definition) is 4. The van der Waals surface area contributed by atoms with E-state index >= 15 is 0 Å². The Hall–Kier alpha value is -2.85. The summed E-state index contributed by atoms with van der Waals surface area (Å²) in [5, 5.41) is 2.38. The summed E-state index contributed by atoms with van der Waals surface area (Å²) in [7, 11) is 1.44. The van der Waals surface area contributed by atoms with E-state index in [1.54, 1.807) is 24.3 Å². The normalized spacial score (nSPS) is 10.5. The molecule has 0 N–H and O–H groups in total. The number of carbonyl (C=O) groups is 2. The standard InChI is InChI=1S/C20H15ClO4/c1-24-19-9-8-16(21)11-17(19)20(23)25-12-18(22)15-7-6-13-4-2-3-5-14(13)10-15/h2-11H,12H2,1H3. The van der Waals surface area contributed by atoms with E-state index in [-0.39, 0.29) is 18.0 Å². The third-order valence-corrected chi connectivity index (χ3v) is 4.02. The lowest BCUT2D eigenvalue weighted by molar-refractivity contribution is 0.0471. The summed E-state index contributed by atoms with van der Waals surface area (Å²) in [5.41, 5.74) is 0.672. The number of fused-ring (bicyclic) bond motifs is 1. The molecule has 0 aliphatic heterocycles. The van der Waals surface area contributed by atoms with Crippen molar-refractivity contribution in [3.05, 3.63) is 76.8 Å². The first-order chi connectivity index (χ1) is 12.1. The van der Waals surface area contributed by atoms with E-state index in [1.807, 2.05) is 30.3 Å². The highest BCUT2D eigenvalue weighted by molar-refractivity contribution is 6.31. The van der Waals surface area contributed by atoms with Gasteiger partial charge in [-0.2, -0.15) is 0 Å². The summed E-state index contributed by atoms with van der Waals surface area (Å²) in [4.78, 5) is 24.5. The van der Waals surface area contributed by atoms with Crippen LogP contribution < -0.4 is 4.74 Å². The van der Waals surface area contributed by atoms with E-state index in [2.05, 4.69) is 0 Å². The second-order valence-electron chi connectivity index (χ2n) is 5.41. The van der Waals surface area contributed by atoms with Crippen molar-refractivity contribution in [2.24, 2.45) is 0 Å². The molecule has 0 aliphatic carbocycles. The van der Waals surface area contributed by atoms with Gasteiger partial charge >= 0.3 is 5.97 Å². The number of benzene rings is 3. The van der Waals surface area contributed by atoms with Gasteiger partial charge in [0, 0.05) is 10.6 Å². The Morgan fingerprint density at radius 1 is 0.960 bits per heavy atom. The quantitative estimate of drug-likeness (QED) is 0.498. The van der Waals surface area contributed by atoms with Crippen molar-refractivity contribution < 1.29 is 19.1 Å². The van der Waals surface area contributed by atoms with Gasteiger partial charge in [-0.05, 0) is 35.0 Å². The number of methoxy groups -OCH3 is 1. The fourth-order valence-electron chi connectivity index (χ4n) is 2.49. The number of esters is 1. The number of carbonyl (C=O) groups excluding carboxylic acids is 2. The molecule has 0 radical (unpaired) electrons. The summed E-state index contributed by atoms with van der Waals surface area (Å²) in [5.74, 6) is -0.596. The molecule has 3 aromatic rings. The number of rotatable bonds is 5. The molecule has 0 spiro atoms. The second-order valence-corrected chi connectivity index (χ2v) is 5.84. The van der Waals surface area contributed by atoms with Crippen LogP contribution in [0.5, 0.6) is 5.75 Å². The maximum Gasteiger partial charge on any atom is 0.342 e. The fourth-order valence-corrected chi connectivity index (χ4v) is 2.67. The van der Waals surface area contributed by atoms with E-state index in [0.717, 1.165) is 10.8 Å². The molecule has 0 saturated heterocycles. The Morgan fingerprint density at radius 3 is 2.48 bits per heavy atom. The summed E-state index contributed by atoms with van der Waals surface area (Å²) in [6, 6.07) is 17.7. The van der Waals surface area contributed by atoms with Gasteiger partial charge in [0.05, 0.1) is 7.11 Å². The van der Waals surface area contributed by atoms with Crippen LogP contribution in [0, 0.1) is 0 Å². The Kier molecular flexibility index (Phi) is 5.00. The number of Topliss-reactive ketones (excluding diaryl/α,β-unsaturated/α-hetero) is 1. The predicted octanol–water partition coefficient (Wildman–Crippen LogP) is 4.54. The first-order valence-corrected chi connectivity index (χ1v) is 7.99. The van der Waals surface area contributed by atoms with E-state index in [1.165, 1.54) is 13.2 Å². The first kappa shape index (κ1) is 17.0. The molecule has 126 valence electrons. The van der Waals surface area contributed by atoms with Crippen LogP contribution in [0.1, 0.15) is 20.7 Å². The maximum absolute atomic E-state index is 12.3. The lowest BCUT2D eigenvalue weighted by Crippen LogP contribution is -2.15. The van der Waals surface area contributed by atoms with Gasteiger partial charge in [0.2, 0.25) is 0 Å². The summed E-state index contributed by atoms with van der Waals surface area (Å²) in [6.07, 6.45) is 0. The van der Waals surface area contributed by atoms with Gasteiger partial charge in [0.25, 0.3) is 0 Å². The van der Waals surface area contributed by atoms with Crippen molar-refractivity contribution >= 4 is 34.1 Å². The van der Waals surface area contributed by atoms with Crippen LogP contribution in [-0.2, 0) is 4.74 Å². The van der Waals surface area contributed by atoms with Crippen LogP contribution in [-0.4, -0.2) is 25.5 Å². The van der Waals surface area contributed by atoms with Crippen LogP contribution in [0.2, 0.25) is 5.02 Å². The molecule has 5 heteroatoms. The van der Waals surface area contributed by atoms with Gasteiger partial charge < -0.3 is 9.47 Å². The Labute approximate surface area is 149 Å². The fraction of sp³-hybridized carbons (Fsp3) is 0.100. The zero-order valence-corrected chi connectivity index (χ0v) is 14.2. The molecule has 0 aromatic heterocycles. The summed E-state index contributed by atoms with van der Waals surface area (Å²) in [6.45, 7) is -0.354. The van der Waals surface area contributed by atoms with E-state index in [9.17, 15) is 9.59 Å². The van der Waals surface area contributed by atoms with Crippen molar-refractivity contribution in [3.8, 4) is 5.75 Å². The summed E-state index contributed by atoms with van der Waals surface area (Å²) < 4.78 is 10.2. The third kappa shape index (κ3) is 3.80. The minimum Gasteiger partial charge on any atom is -0.496 e. The highest BCUT2D eigenvalue weighted by atomic mass is 35.5.